The molecule has 0 aliphatic carbocycles. The van der Waals surface area contributed by atoms with Crippen molar-refractivity contribution in [3.63, 3.8) is 0 Å². The number of hydrogen-bond donors (Lipinski definition) is 2. The lowest BCUT2D eigenvalue weighted by Gasteiger charge is -2.13. The Morgan fingerprint density at radius 3 is 2.86 bits per heavy atom. The summed E-state index contributed by atoms with van der Waals surface area (Å²) in [6.07, 6.45) is 2.52. The van der Waals surface area contributed by atoms with Gasteiger partial charge in [0, 0.05) is 13.6 Å². The minimum Gasteiger partial charge on any atom is -0.496 e. The highest BCUT2D eigenvalue weighted by Crippen LogP contribution is 2.23. The summed E-state index contributed by atoms with van der Waals surface area (Å²) < 4.78 is 11.0. The van der Waals surface area contributed by atoms with Crippen LogP contribution in [-0.4, -0.2) is 31.6 Å². The number of aromatic nitrogens is 1. The Hall–Kier alpha value is -2.07. The highest BCUT2D eigenvalue weighted by atomic mass is 127. The molecule has 8 heteroatoms. The van der Waals surface area contributed by atoms with Crippen molar-refractivity contribution in [2.75, 3.05) is 20.7 Å². The maximum atomic E-state index is 5.54. The van der Waals surface area contributed by atoms with Crippen molar-refractivity contribution in [1.82, 2.24) is 15.6 Å². The Labute approximate surface area is 186 Å². The van der Waals surface area contributed by atoms with E-state index < -0.39 is 0 Å². The minimum absolute atomic E-state index is 0. The molecule has 0 aliphatic rings. The van der Waals surface area contributed by atoms with Crippen molar-refractivity contribution in [2.24, 2.45) is 4.99 Å². The number of methoxy groups -OCH3 is 1. The number of aryl methyl sites for hydroxylation is 1. The molecule has 0 saturated heterocycles. The first-order valence-corrected chi connectivity index (χ1v) is 9.64. The Kier molecular flexibility index (Phi) is 8.78. The second-order valence-electron chi connectivity index (χ2n) is 6.04. The molecule has 6 nitrogen and oxygen atoms in total. The first kappa shape index (κ1) is 22.2. The summed E-state index contributed by atoms with van der Waals surface area (Å²) in [5.74, 6) is 2.28. The molecule has 0 bridgehead atoms. The second-order valence-corrected chi connectivity index (χ2v) is 6.99. The van der Waals surface area contributed by atoms with E-state index in [9.17, 15) is 0 Å². The number of oxazole rings is 1. The van der Waals surface area contributed by atoms with E-state index >= 15 is 0 Å². The van der Waals surface area contributed by atoms with Gasteiger partial charge in [0.25, 0.3) is 0 Å². The number of halogens is 1. The number of nitrogens with one attached hydrogen (secondary N) is 2. The number of benzene rings is 1. The van der Waals surface area contributed by atoms with Gasteiger partial charge in [-0.05, 0) is 36.4 Å². The number of guanidine groups is 1. The Balaban J connectivity index is 0.00000280. The molecular formula is C20H25IN4O2S. The van der Waals surface area contributed by atoms with Crippen molar-refractivity contribution in [2.45, 2.75) is 19.9 Å². The van der Waals surface area contributed by atoms with E-state index in [1.807, 2.05) is 23.6 Å². The van der Waals surface area contributed by atoms with Gasteiger partial charge in [-0.25, -0.2) is 4.98 Å². The molecule has 0 fully saturated rings. The maximum Gasteiger partial charge on any atom is 0.236 e. The van der Waals surface area contributed by atoms with Crippen LogP contribution in [0.25, 0.3) is 10.8 Å². The zero-order valence-corrected chi connectivity index (χ0v) is 19.3. The van der Waals surface area contributed by atoms with Gasteiger partial charge in [-0.1, -0.05) is 23.8 Å². The van der Waals surface area contributed by atoms with Crippen LogP contribution < -0.4 is 15.4 Å². The molecule has 0 radical (unpaired) electrons. The van der Waals surface area contributed by atoms with Crippen molar-refractivity contribution < 1.29 is 9.15 Å². The van der Waals surface area contributed by atoms with Crippen LogP contribution in [0.1, 0.15) is 16.8 Å². The largest absolute Gasteiger partial charge is 0.496 e. The third-order valence-corrected chi connectivity index (χ3v) is 4.92. The van der Waals surface area contributed by atoms with E-state index in [4.69, 9.17) is 9.15 Å². The minimum atomic E-state index is 0. The number of aliphatic imine (C=N–C) groups is 1. The van der Waals surface area contributed by atoms with Crippen LogP contribution in [0.15, 0.2) is 51.4 Å². The predicted molar refractivity (Wildman–Crippen MR) is 125 cm³/mol. The van der Waals surface area contributed by atoms with Crippen LogP contribution in [-0.2, 0) is 13.0 Å². The molecule has 28 heavy (non-hydrogen) atoms. The Morgan fingerprint density at radius 2 is 2.14 bits per heavy atom. The first-order chi connectivity index (χ1) is 13.2. The molecule has 0 aliphatic heterocycles. The van der Waals surface area contributed by atoms with Gasteiger partial charge in [0.15, 0.2) is 5.96 Å². The average molecular weight is 512 g/mol. The lowest BCUT2D eigenvalue weighted by molar-refractivity contribution is 0.409. The summed E-state index contributed by atoms with van der Waals surface area (Å²) in [4.78, 5) is 9.78. The normalized spacial score (nSPS) is 11.0. The molecule has 1 aromatic carbocycles. The molecule has 0 atom stereocenters. The molecule has 0 spiro atoms. The summed E-state index contributed by atoms with van der Waals surface area (Å²) in [6.45, 7) is 3.38. The highest BCUT2D eigenvalue weighted by Gasteiger charge is 2.08. The molecule has 3 aromatic rings. The van der Waals surface area contributed by atoms with Crippen LogP contribution in [0.4, 0.5) is 0 Å². The Bertz CT molecular complexity index is 894. The second kappa shape index (κ2) is 11.1. The van der Waals surface area contributed by atoms with E-state index in [1.165, 1.54) is 11.1 Å². The van der Waals surface area contributed by atoms with Crippen LogP contribution in [0.3, 0.4) is 0 Å². The van der Waals surface area contributed by atoms with E-state index in [-0.39, 0.29) is 24.0 Å². The predicted octanol–water partition coefficient (Wildman–Crippen LogP) is 4.25. The molecule has 3 rings (SSSR count). The van der Waals surface area contributed by atoms with Gasteiger partial charge in [-0.15, -0.1) is 35.3 Å². The molecule has 0 saturated carbocycles. The fourth-order valence-electron chi connectivity index (χ4n) is 2.71. The molecular weight excluding hydrogens is 487 g/mol. The monoisotopic (exact) mass is 512 g/mol. The van der Waals surface area contributed by atoms with Gasteiger partial charge in [0.2, 0.25) is 5.89 Å². The van der Waals surface area contributed by atoms with Gasteiger partial charge in [-0.2, -0.15) is 0 Å². The van der Waals surface area contributed by atoms with E-state index in [0.29, 0.717) is 12.4 Å². The smallest absolute Gasteiger partial charge is 0.236 e. The Morgan fingerprint density at radius 1 is 1.29 bits per heavy atom. The highest BCUT2D eigenvalue weighted by molar-refractivity contribution is 14.0. The zero-order chi connectivity index (χ0) is 19.1. The first-order valence-electron chi connectivity index (χ1n) is 8.76. The van der Waals surface area contributed by atoms with Gasteiger partial charge < -0.3 is 19.8 Å². The SMILES string of the molecule is CN=C(NCCc1cc(C)ccc1OC)NCc1coc(-c2cccs2)n1.I. The van der Waals surface area contributed by atoms with Gasteiger partial charge in [0.1, 0.15) is 12.0 Å². The molecule has 0 unspecified atom stereocenters. The average Bonchev–Trinajstić information content (AvgIpc) is 3.36. The lowest BCUT2D eigenvalue weighted by Crippen LogP contribution is -2.37. The summed E-state index contributed by atoms with van der Waals surface area (Å²) in [5.41, 5.74) is 3.24. The number of hydrogen-bond acceptors (Lipinski definition) is 5. The van der Waals surface area contributed by atoms with Crippen LogP contribution in [0.5, 0.6) is 5.75 Å². The lowest BCUT2D eigenvalue weighted by atomic mass is 10.1. The van der Waals surface area contributed by atoms with Crippen molar-refractivity contribution in [3.8, 4) is 16.5 Å². The molecule has 0 amide bonds. The summed E-state index contributed by atoms with van der Waals surface area (Å²) >= 11 is 1.61. The summed E-state index contributed by atoms with van der Waals surface area (Å²) in [5, 5.41) is 8.59. The molecule has 2 N–H and O–H groups in total. The molecule has 150 valence electrons. The van der Waals surface area contributed by atoms with Crippen LogP contribution >= 0.6 is 35.3 Å². The van der Waals surface area contributed by atoms with Crippen LogP contribution in [0, 0.1) is 6.92 Å². The number of rotatable bonds is 7. The number of nitrogens with zero attached hydrogens (tertiary/aromatic N) is 2. The maximum absolute atomic E-state index is 5.54. The fourth-order valence-corrected chi connectivity index (χ4v) is 3.37. The molecule has 2 aromatic heterocycles. The third kappa shape index (κ3) is 5.96. The van der Waals surface area contributed by atoms with Gasteiger partial charge >= 0.3 is 0 Å². The third-order valence-electron chi connectivity index (χ3n) is 4.07. The summed E-state index contributed by atoms with van der Waals surface area (Å²) in [6, 6.07) is 10.2. The van der Waals surface area contributed by atoms with E-state index in [2.05, 4.69) is 39.7 Å². The van der Waals surface area contributed by atoms with Crippen molar-refractivity contribution >= 4 is 41.3 Å². The van der Waals surface area contributed by atoms with Gasteiger partial charge in [0.05, 0.1) is 24.2 Å². The van der Waals surface area contributed by atoms with E-state index in [1.54, 1.807) is 31.8 Å². The zero-order valence-electron chi connectivity index (χ0n) is 16.2. The van der Waals surface area contributed by atoms with Crippen LogP contribution in [0.2, 0.25) is 0 Å². The van der Waals surface area contributed by atoms with Gasteiger partial charge in [-0.3, -0.25) is 4.99 Å². The standard InChI is InChI=1S/C20H24N4O2S.HI/c1-14-6-7-17(25-3)15(11-14)8-9-22-20(21-2)23-12-16-13-26-19(24-16)18-5-4-10-27-18;/h4-7,10-11,13H,8-9,12H2,1-3H3,(H2,21,22,23);1H. The number of ether oxygens (including phenoxy) is 1. The topological polar surface area (TPSA) is 71.7 Å². The fraction of sp³-hybridized carbons (Fsp3) is 0.300. The molecule has 2 heterocycles. The summed E-state index contributed by atoms with van der Waals surface area (Å²) in [7, 11) is 3.45. The van der Waals surface area contributed by atoms with Crippen molar-refractivity contribution in [3.05, 3.63) is 58.8 Å². The van der Waals surface area contributed by atoms with Crippen molar-refractivity contribution in [1.29, 1.82) is 0 Å². The van der Waals surface area contributed by atoms with E-state index in [0.717, 1.165) is 35.2 Å². The quantitative estimate of drug-likeness (QED) is 0.282. The number of thiophene rings is 1.